The van der Waals surface area contributed by atoms with E-state index in [2.05, 4.69) is 4.98 Å². The highest BCUT2D eigenvalue weighted by Crippen LogP contribution is 2.23. The van der Waals surface area contributed by atoms with Gasteiger partial charge in [0.25, 0.3) is 0 Å². The Hall–Kier alpha value is -2.17. The second kappa shape index (κ2) is 5.00. The monoisotopic (exact) mass is 251 g/mol. The summed E-state index contributed by atoms with van der Waals surface area (Å²) in [5.74, 6) is -2.17. The number of aliphatic carboxylic acids is 1. The third-order valence-electron chi connectivity index (χ3n) is 2.58. The molecule has 0 aliphatic carbocycles. The molecule has 0 radical (unpaired) electrons. The van der Waals surface area contributed by atoms with Gasteiger partial charge in [-0.3, -0.25) is 4.79 Å². The predicted octanol–water partition coefficient (Wildman–Crippen LogP) is 2.98. The fourth-order valence-electron chi connectivity index (χ4n) is 1.69. The van der Waals surface area contributed by atoms with Gasteiger partial charge < -0.3 is 10.1 Å². The van der Waals surface area contributed by atoms with E-state index in [9.17, 15) is 13.6 Å². The molecule has 0 saturated carbocycles. The molecule has 0 spiro atoms. The van der Waals surface area contributed by atoms with Crippen LogP contribution < -0.4 is 0 Å². The number of rotatable bonds is 4. The van der Waals surface area contributed by atoms with E-state index in [1.807, 2.05) is 0 Å². The molecule has 2 N–H and O–H groups in total. The number of carbonyl (C=O) groups is 1. The van der Waals surface area contributed by atoms with Crippen LogP contribution in [0, 0.1) is 11.6 Å². The number of aromatic amines is 1. The lowest BCUT2D eigenvalue weighted by molar-refractivity contribution is -0.136. The van der Waals surface area contributed by atoms with Gasteiger partial charge in [0.2, 0.25) is 0 Å². The van der Waals surface area contributed by atoms with Crippen LogP contribution in [0.15, 0.2) is 30.3 Å². The lowest BCUT2D eigenvalue weighted by atomic mass is 10.1. The van der Waals surface area contributed by atoms with Crippen LogP contribution in [0.1, 0.15) is 12.1 Å². The third-order valence-corrected chi connectivity index (χ3v) is 2.58. The van der Waals surface area contributed by atoms with Crippen molar-refractivity contribution in [2.75, 3.05) is 0 Å². The van der Waals surface area contributed by atoms with Crippen molar-refractivity contribution in [3.05, 3.63) is 47.7 Å². The van der Waals surface area contributed by atoms with E-state index < -0.39 is 17.6 Å². The van der Waals surface area contributed by atoms with Crippen molar-refractivity contribution >= 4 is 5.97 Å². The summed E-state index contributed by atoms with van der Waals surface area (Å²) in [5, 5.41) is 8.56. The highest BCUT2D eigenvalue weighted by Gasteiger charge is 2.09. The summed E-state index contributed by atoms with van der Waals surface area (Å²) in [6, 6.07) is 6.68. The van der Waals surface area contributed by atoms with E-state index in [0.717, 1.165) is 6.07 Å². The number of nitrogens with one attached hydrogen (secondary N) is 1. The molecule has 0 unspecified atom stereocenters. The zero-order valence-electron chi connectivity index (χ0n) is 9.41. The second-order valence-corrected chi connectivity index (χ2v) is 3.92. The first-order valence-corrected chi connectivity index (χ1v) is 5.41. The lowest BCUT2D eigenvalue weighted by Crippen LogP contribution is -1.97. The Labute approximate surface area is 102 Å². The highest BCUT2D eigenvalue weighted by molar-refractivity contribution is 5.67. The molecule has 0 fully saturated rings. The van der Waals surface area contributed by atoms with Crippen LogP contribution in [0.25, 0.3) is 11.3 Å². The molecular weight excluding hydrogens is 240 g/mol. The largest absolute Gasteiger partial charge is 0.481 e. The average molecular weight is 251 g/mol. The van der Waals surface area contributed by atoms with Crippen molar-refractivity contribution < 1.29 is 18.7 Å². The fraction of sp³-hybridized carbons (Fsp3) is 0.154. The van der Waals surface area contributed by atoms with Crippen molar-refractivity contribution in [2.24, 2.45) is 0 Å². The van der Waals surface area contributed by atoms with Gasteiger partial charge in [0.1, 0.15) is 11.6 Å². The molecule has 0 aliphatic rings. The Balaban J connectivity index is 2.21. The van der Waals surface area contributed by atoms with Gasteiger partial charge in [-0.25, -0.2) is 8.78 Å². The first-order chi connectivity index (χ1) is 8.56. The standard InChI is InChI=1S/C13H11F2NO2/c14-8-1-4-10(11(15)7-8)12-5-2-9(16-12)3-6-13(17)18/h1-2,4-5,7,16H,3,6H2,(H,17,18). The van der Waals surface area contributed by atoms with Crippen LogP contribution in [0.4, 0.5) is 8.78 Å². The molecular formula is C13H11F2NO2. The Morgan fingerprint density at radius 2 is 2.00 bits per heavy atom. The van der Waals surface area contributed by atoms with Gasteiger partial charge in [0.15, 0.2) is 0 Å². The minimum Gasteiger partial charge on any atom is -0.481 e. The molecule has 0 amide bonds. The molecule has 2 aromatic rings. The highest BCUT2D eigenvalue weighted by atomic mass is 19.1. The minimum atomic E-state index is -0.890. The van der Waals surface area contributed by atoms with E-state index >= 15 is 0 Å². The molecule has 0 atom stereocenters. The molecule has 0 aliphatic heterocycles. The Bertz CT molecular complexity index is 578. The maximum Gasteiger partial charge on any atom is 0.303 e. The number of hydrogen-bond donors (Lipinski definition) is 2. The van der Waals surface area contributed by atoms with Crippen molar-refractivity contribution in [3.63, 3.8) is 0 Å². The number of carboxylic acid groups (broad SMARTS) is 1. The number of aromatic nitrogens is 1. The van der Waals surface area contributed by atoms with Gasteiger partial charge >= 0.3 is 5.97 Å². The first-order valence-electron chi connectivity index (χ1n) is 5.41. The summed E-state index contributed by atoms with van der Waals surface area (Å²) in [6.45, 7) is 0. The smallest absolute Gasteiger partial charge is 0.303 e. The number of carboxylic acids is 1. The topological polar surface area (TPSA) is 53.1 Å². The first kappa shape index (κ1) is 12.3. The van der Waals surface area contributed by atoms with Crippen molar-refractivity contribution in [2.45, 2.75) is 12.8 Å². The summed E-state index contributed by atoms with van der Waals surface area (Å²) in [6.07, 6.45) is 0.351. The predicted molar refractivity (Wildman–Crippen MR) is 62.1 cm³/mol. The van der Waals surface area contributed by atoms with E-state index in [-0.39, 0.29) is 12.0 Å². The quantitative estimate of drug-likeness (QED) is 0.877. The summed E-state index contributed by atoms with van der Waals surface area (Å²) < 4.78 is 26.3. The van der Waals surface area contributed by atoms with Crippen LogP contribution in [0.3, 0.4) is 0 Å². The molecule has 5 heteroatoms. The molecule has 0 saturated heterocycles. The van der Waals surface area contributed by atoms with E-state index in [1.54, 1.807) is 12.1 Å². The lowest BCUT2D eigenvalue weighted by Gasteiger charge is -2.01. The fourth-order valence-corrected chi connectivity index (χ4v) is 1.69. The molecule has 2 rings (SSSR count). The Kier molecular flexibility index (Phi) is 3.41. The van der Waals surface area contributed by atoms with Crippen LogP contribution in [0.2, 0.25) is 0 Å². The number of aryl methyl sites for hydroxylation is 1. The number of hydrogen-bond acceptors (Lipinski definition) is 1. The van der Waals surface area contributed by atoms with Crippen molar-refractivity contribution in [1.29, 1.82) is 0 Å². The zero-order valence-corrected chi connectivity index (χ0v) is 9.41. The molecule has 1 aromatic heterocycles. The molecule has 94 valence electrons. The van der Waals surface area contributed by atoms with Gasteiger partial charge in [0, 0.05) is 23.0 Å². The maximum atomic E-state index is 13.5. The van der Waals surface area contributed by atoms with Gasteiger partial charge in [-0.1, -0.05) is 0 Å². The number of benzene rings is 1. The third kappa shape index (κ3) is 2.74. The van der Waals surface area contributed by atoms with Crippen LogP contribution >= 0.6 is 0 Å². The van der Waals surface area contributed by atoms with Crippen LogP contribution in [-0.2, 0) is 11.2 Å². The maximum absolute atomic E-state index is 13.5. The number of halogens is 2. The second-order valence-electron chi connectivity index (χ2n) is 3.92. The van der Waals surface area contributed by atoms with Crippen molar-refractivity contribution in [1.82, 2.24) is 4.98 Å². The molecule has 1 heterocycles. The number of H-pyrrole nitrogens is 1. The summed E-state index contributed by atoms with van der Waals surface area (Å²) >= 11 is 0. The van der Waals surface area contributed by atoms with Gasteiger partial charge in [-0.15, -0.1) is 0 Å². The Morgan fingerprint density at radius 1 is 1.22 bits per heavy atom. The molecule has 18 heavy (non-hydrogen) atoms. The zero-order chi connectivity index (χ0) is 13.1. The van der Waals surface area contributed by atoms with E-state index in [0.29, 0.717) is 17.8 Å². The SMILES string of the molecule is O=C(O)CCc1ccc(-c2ccc(F)cc2F)[nH]1. The Morgan fingerprint density at radius 3 is 2.67 bits per heavy atom. The van der Waals surface area contributed by atoms with Gasteiger partial charge in [-0.05, 0) is 30.7 Å². The molecule has 0 bridgehead atoms. The van der Waals surface area contributed by atoms with Crippen molar-refractivity contribution in [3.8, 4) is 11.3 Å². The van der Waals surface area contributed by atoms with E-state index in [4.69, 9.17) is 5.11 Å². The summed E-state index contributed by atoms with van der Waals surface area (Å²) in [7, 11) is 0. The molecule has 3 nitrogen and oxygen atoms in total. The van der Waals surface area contributed by atoms with Crippen LogP contribution in [-0.4, -0.2) is 16.1 Å². The van der Waals surface area contributed by atoms with Crippen LogP contribution in [0.5, 0.6) is 0 Å². The molecule has 1 aromatic carbocycles. The van der Waals surface area contributed by atoms with E-state index in [1.165, 1.54) is 12.1 Å². The normalized spacial score (nSPS) is 10.6. The van der Waals surface area contributed by atoms with Gasteiger partial charge in [-0.2, -0.15) is 0 Å². The minimum absolute atomic E-state index is 0.00581. The summed E-state index contributed by atoms with van der Waals surface area (Å²) in [5.41, 5.74) is 1.47. The average Bonchev–Trinajstić information content (AvgIpc) is 2.75. The summed E-state index contributed by atoms with van der Waals surface area (Å²) in [4.78, 5) is 13.3. The van der Waals surface area contributed by atoms with Gasteiger partial charge in [0.05, 0.1) is 6.42 Å².